The predicted molar refractivity (Wildman–Crippen MR) is 86.0 cm³/mol. The van der Waals surface area contributed by atoms with Crippen molar-refractivity contribution in [3.05, 3.63) is 29.8 Å². The zero-order valence-electron chi connectivity index (χ0n) is 12.8. The van der Waals surface area contributed by atoms with Crippen LogP contribution in [0.2, 0.25) is 0 Å². The lowest BCUT2D eigenvalue weighted by Gasteiger charge is -2.18. The minimum Gasteiger partial charge on any atom is -0.507 e. The molecule has 0 heterocycles. The van der Waals surface area contributed by atoms with Crippen LogP contribution >= 0.6 is 0 Å². The molecular formula is C18H24O3. The van der Waals surface area contributed by atoms with Crippen LogP contribution in [-0.2, 0) is 6.42 Å². The fourth-order valence-electron chi connectivity index (χ4n) is 2.87. The number of rotatable bonds is 6. The summed E-state index contributed by atoms with van der Waals surface area (Å²) >= 11 is 0. The van der Waals surface area contributed by atoms with Gasteiger partial charge < -0.3 is 15.3 Å². The number of fused-ring (bicyclic) bond motifs is 1. The van der Waals surface area contributed by atoms with Crippen molar-refractivity contribution in [1.82, 2.24) is 0 Å². The normalized spacial score (nSPS) is 12.7. The lowest BCUT2D eigenvalue weighted by atomic mass is 9.89. The third-order valence-corrected chi connectivity index (χ3v) is 4.27. The van der Waals surface area contributed by atoms with Crippen molar-refractivity contribution in [2.75, 3.05) is 0 Å². The molecule has 0 amide bonds. The van der Waals surface area contributed by atoms with E-state index in [1.54, 1.807) is 18.2 Å². The van der Waals surface area contributed by atoms with Gasteiger partial charge >= 0.3 is 0 Å². The quantitative estimate of drug-likeness (QED) is 0.532. The van der Waals surface area contributed by atoms with E-state index in [9.17, 15) is 15.3 Å². The van der Waals surface area contributed by atoms with Crippen LogP contribution in [0.1, 0.15) is 45.1 Å². The summed E-state index contributed by atoms with van der Waals surface area (Å²) in [6.45, 7) is 4.28. The van der Waals surface area contributed by atoms with Crippen molar-refractivity contribution in [2.24, 2.45) is 5.92 Å². The van der Waals surface area contributed by atoms with E-state index < -0.39 is 0 Å². The highest BCUT2D eigenvalue weighted by molar-refractivity contribution is 5.96. The number of aromatic hydroxyl groups is 3. The van der Waals surface area contributed by atoms with Gasteiger partial charge in [-0.1, -0.05) is 63.8 Å². The summed E-state index contributed by atoms with van der Waals surface area (Å²) in [6.07, 6.45) is 4.93. The van der Waals surface area contributed by atoms with Crippen molar-refractivity contribution in [2.45, 2.75) is 46.0 Å². The number of hydrogen-bond donors (Lipinski definition) is 3. The fraction of sp³-hybridized carbons (Fsp3) is 0.444. The molecule has 0 aliphatic heterocycles. The molecule has 114 valence electrons. The Morgan fingerprint density at radius 3 is 2.10 bits per heavy atom. The summed E-state index contributed by atoms with van der Waals surface area (Å²) in [4.78, 5) is 0. The summed E-state index contributed by atoms with van der Waals surface area (Å²) in [6, 6.07) is 7.05. The third kappa shape index (κ3) is 3.07. The average Bonchev–Trinajstić information content (AvgIpc) is 2.52. The second-order valence-electron chi connectivity index (χ2n) is 5.69. The maximum absolute atomic E-state index is 10.5. The van der Waals surface area contributed by atoms with E-state index in [1.165, 1.54) is 0 Å². The molecule has 3 nitrogen and oxygen atoms in total. The van der Waals surface area contributed by atoms with E-state index in [2.05, 4.69) is 13.8 Å². The number of benzene rings is 2. The highest BCUT2D eigenvalue weighted by atomic mass is 16.3. The van der Waals surface area contributed by atoms with E-state index in [4.69, 9.17) is 0 Å². The summed E-state index contributed by atoms with van der Waals surface area (Å²) in [5.41, 5.74) is 0.467. The molecule has 0 fully saturated rings. The first-order chi connectivity index (χ1) is 10.1. The van der Waals surface area contributed by atoms with E-state index in [-0.39, 0.29) is 17.2 Å². The van der Waals surface area contributed by atoms with Gasteiger partial charge in [0.25, 0.3) is 0 Å². The van der Waals surface area contributed by atoms with E-state index >= 15 is 0 Å². The smallest absolute Gasteiger partial charge is 0.166 e. The SMILES string of the molecule is CCCCC(CC)Cc1c(O)c(O)c2ccccc2c1O. The Morgan fingerprint density at radius 2 is 1.52 bits per heavy atom. The van der Waals surface area contributed by atoms with Gasteiger partial charge in [-0.05, 0) is 12.3 Å². The third-order valence-electron chi connectivity index (χ3n) is 4.27. The molecule has 2 aromatic rings. The molecular weight excluding hydrogens is 264 g/mol. The van der Waals surface area contributed by atoms with Gasteiger partial charge in [0.05, 0.1) is 0 Å². The monoisotopic (exact) mass is 288 g/mol. The van der Waals surface area contributed by atoms with Gasteiger partial charge in [0.1, 0.15) is 5.75 Å². The van der Waals surface area contributed by atoms with Crippen LogP contribution in [-0.4, -0.2) is 15.3 Å². The van der Waals surface area contributed by atoms with Gasteiger partial charge in [0.15, 0.2) is 11.5 Å². The maximum Gasteiger partial charge on any atom is 0.166 e. The Bertz CT molecular complexity index is 619. The van der Waals surface area contributed by atoms with Crippen LogP contribution in [0.15, 0.2) is 24.3 Å². The zero-order valence-corrected chi connectivity index (χ0v) is 12.8. The van der Waals surface area contributed by atoms with Crippen LogP contribution in [0, 0.1) is 5.92 Å². The topological polar surface area (TPSA) is 60.7 Å². The summed E-state index contributed by atoms with van der Waals surface area (Å²) < 4.78 is 0. The zero-order chi connectivity index (χ0) is 15.4. The maximum atomic E-state index is 10.5. The molecule has 3 N–H and O–H groups in total. The second-order valence-corrected chi connectivity index (χ2v) is 5.69. The summed E-state index contributed by atoms with van der Waals surface area (Å²) in [5, 5.41) is 31.9. The van der Waals surface area contributed by atoms with Gasteiger partial charge in [-0.15, -0.1) is 0 Å². The first-order valence-corrected chi connectivity index (χ1v) is 7.74. The van der Waals surface area contributed by atoms with Gasteiger partial charge in [-0.2, -0.15) is 0 Å². The molecule has 2 rings (SSSR count). The minimum atomic E-state index is -0.179. The van der Waals surface area contributed by atoms with Crippen molar-refractivity contribution in [3.8, 4) is 17.2 Å². The summed E-state index contributed by atoms with van der Waals surface area (Å²) in [5.74, 6) is 0.183. The van der Waals surface area contributed by atoms with E-state index in [0.717, 1.165) is 25.7 Å². The van der Waals surface area contributed by atoms with Crippen LogP contribution < -0.4 is 0 Å². The number of hydrogen-bond acceptors (Lipinski definition) is 3. The lowest BCUT2D eigenvalue weighted by Crippen LogP contribution is -2.04. The number of phenolic OH excluding ortho intramolecular Hbond substituents is 3. The van der Waals surface area contributed by atoms with E-state index in [1.807, 2.05) is 6.07 Å². The Morgan fingerprint density at radius 1 is 0.905 bits per heavy atom. The number of phenols is 3. The predicted octanol–water partition coefficient (Wildman–Crippen LogP) is 4.72. The van der Waals surface area contributed by atoms with Crippen molar-refractivity contribution in [3.63, 3.8) is 0 Å². The van der Waals surface area contributed by atoms with Crippen molar-refractivity contribution >= 4 is 10.8 Å². The highest BCUT2D eigenvalue weighted by Crippen LogP contribution is 2.45. The Hall–Kier alpha value is -1.90. The average molecular weight is 288 g/mol. The van der Waals surface area contributed by atoms with Crippen LogP contribution in [0.3, 0.4) is 0 Å². The molecule has 3 heteroatoms. The molecule has 0 bridgehead atoms. The van der Waals surface area contributed by atoms with Gasteiger partial charge in [0, 0.05) is 16.3 Å². The molecule has 0 saturated carbocycles. The molecule has 2 aromatic carbocycles. The highest BCUT2D eigenvalue weighted by Gasteiger charge is 2.20. The van der Waals surface area contributed by atoms with Crippen molar-refractivity contribution in [1.29, 1.82) is 0 Å². The Balaban J connectivity index is 2.43. The number of unbranched alkanes of at least 4 members (excludes halogenated alkanes) is 1. The molecule has 21 heavy (non-hydrogen) atoms. The largest absolute Gasteiger partial charge is 0.507 e. The molecule has 0 aromatic heterocycles. The Kier molecular flexibility index (Phi) is 4.94. The first kappa shape index (κ1) is 15.5. The molecule has 0 spiro atoms. The molecule has 0 saturated heterocycles. The first-order valence-electron chi connectivity index (χ1n) is 7.74. The van der Waals surface area contributed by atoms with Gasteiger partial charge in [-0.25, -0.2) is 0 Å². The molecule has 0 radical (unpaired) electrons. The molecule has 0 aliphatic rings. The lowest BCUT2D eigenvalue weighted by molar-refractivity contribution is 0.380. The van der Waals surface area contributed by atoms with Gasteiger partial charge in [-0.3, -0.25) is 0 Å². The van der Waals surface area contributed by atoms with E-state index in [0.29, 0.717) is 28.7 Å². The second kappa shape index (κ2) is 6.70. The van der Waals surface area contributed by atoms with Crippen LogP contribution in [0.25, 0.3) is 10.8 Å². The minimum absolute atomic E-state index is 0.0934. The van der Waals surface area contributed by atoms with Crippen molar-refractivity contribution < 1.29 is 15.3 Å². The Labute approximate surface area is 125 Å². The molecule has 1 atom stereocenters. The van der Waals surface area contributed by atoms with Crippen LogP contribution in [0.5, 0.6) is 17.2 Å². The fourth-order valence-corrected chi connectivity index (χ4v) is 2.87. The standard InChI is InChI=1S/C18H24O3/c1-3-5-8-12(4-2)11-15-16(19)13-9-6-7-10-14(13)17(20)18(15)21/h6-7,9-10,12,19-21H,3-5,8,11H2,1-2H3. The van der Waals surface area contributed by atoms with Crippen LogP contribution in [0.4, 0.5) is 0 Å². The molecule has 0 aliphatic carbocycles. The van der Waals surface area contributed by atoms with Gasteiger partial charge in [0.2, 0.25) is 0 Å². The molecule has 1 unspecified atom stereocenters. The summed E-state index contributed by atoms with van der Waals surface area (Å²) in [7, 11) is 0.